The van der Waals surface area contributed by atoms with Crippen molar-refractivity contribution in [3.05, 3.63) is 29.8 Å². The molecule has 1 heterocycles. The SMILES string of the molecule is O=C(O)C(C1CC1)N1CCOc2ccccc2C1. The van der Waals surface area contributed by atoms with Crippen molar-refractivity contribution in [2.75, 3.05) is 13.2 Å². The van der Waals surface area contributed by atoms with Gasteiger partial charge in [-0.25, -0.2) is 0 Å². The lowest BCUT2D eigenvalue weighted by Gasteiger charge is -2.26. The zero-order valence-corrected chi connectivity index (χ0v) is 10.2. The van der Waals surface area contributed by atoms with Gasteiger partial charge in [0.2, 0.25) is 0 Å². The van der Waals surface area contributed by atoms with Crippen LogP contribution in [-0.2, 0) is 11.3 Å². The summed E-state index contributed by atoms with van der Waals surface area (Å²) in [5, 5.41) is 9.39. The number of ether oxygens (including phenoxy) is 1. The maximum atomic E-state index is 11.4. The van der Waals surface area contributed by atoms with Gasteiger partial charge in [0, 0.05) is 18.7 Å². The highest BCUT2D eigenvalue weighted by Gasteiger charge is 2.40. The molecule has 0 saturated heterocycles. The Hall–Kier alpha value is -1.55. The molecule has 1 N–H and O–H groups in total. The van der Waals surface area contributed by atoms with Gasteiger partial charge in [0.1, 0.15) is 18.4 Å². The fourth-order valence-corrected chi connectivity index (χ4v) is 2.65. The molecule has 1 aliphatic carbocycles. The number of nitrogens with zero attached hydrogens (tertiary/aromatic N) is 1. The van der Waals surface area contributed by atoms with Gasteiger partial charge in [0.05, 0.1) is 0 Å². The lowest BCUT2D eigenvalue weighted by molar-refractivity contribution is -0.144. The fourth-order valence-electron chi connectivity index (χ4n) is 2.65. The fraction of sp³-hybridized carbons (Fsp3) is 0.500. The molecule has 2 aliphatic rings. The summed E-state index contributed by atoms with van der Waals surface area (Å²) in [5.74, 6) is 0.518. The van der Waals surface area contributed by atoms with Gasteiger partial charge in [-0.3, -0.25) is 9.69 Å². The Morgan fingerprint density at radius 2 is 2.17 bits per heavy atom. The van der Waals surface area contributed by atoms with E-state index in [4.69, 9.17) is 4.74 Å². The minimum absolute atomic E-state index is 0.327. The Morgan fingerprint density at radius 1 is 1.39 bits per heavy atom. The van der Waals surface area contributed by atoms with E-state index in [0.717, 1.165) is 24.2 Å². The second-order valence-electron chi connectivity index (χ2n) is 5.05. The molecule has 4 heteroatoms. The van der Waals surface area contributed by atoms with E-state index >= 15 is 0 Å². The van der Waals surface area contributed by atoms with Gasteiger partial charge in [-0.2, -0.15) is 0 Å². The molecule has 0 radical (unpaired) electrons. The lowest BCUT2D eigenvalue weighted by Crippen LogP contribution is -2.43. The summed E-state index contributed by atoms with van der Waals surface area (Å²) in [6.07, 6.45) is 2.08. The molecule has 0 spiro atoms. The highest BCUT2D eigenvalue weighted by atomic mass is 16.5. The van der Waals surface area contributed by atoms with Crippen molar-refractivity contribution in [3.8, 4) is 5.75 Å². The van der Waals surface area contributed by atoms with Crippen LogP contribution >= 0.6 is 0 Å². The molecule has 1 aromatic carbocycles. The Kier molecular flexibility index (Phi) is 2.96. The lowest BCUT2D eigenvalue weighted by atomic mass is 10.1. The molecular weight excluding hydrogens is 230 g/mol. The summed E-state index contributed by atoms with van der Waals surface area (Å²) in [7, 11) is 0. The first-order chi connectivity index (χ1) is 8.75. The van der Waals surface area contributed by atoms with Gasteiger partial charge in [-0.1, -0.05) is 18.2 Å². The van der Waals surface area contributed by atoms with Crippen LogP contribution in [0.4, 0.5) is 0 Å². The molecule has 1 fully saturated rings. The van der Waals surface area contributed by atoms with E-state index in [9.17, 15) is 9.90 Å². The number of carboxylic acids is 1. The highest BCUT2D eigenvalue weighted by molar-refractivity contribution is 5.74. The summed E-state index contributed by atoms with van der Waals surface area (Å²) >= 11 is 0. The Labute approximate surface area is 106 Å². The van der Waals surface area contributed by atoms with Crippen LogP contribution in [0.25, 0.3) is 0 Å². The van der Waals surface area contributed by atoms with Crippen LogP contribution < -0.4 is 4.74 Å². The molecule has 0 aromatic heterocycles. The first-order valence-corrected chi connectivity index (χ1v) is 6.43. The third-order valence-electron chi connectivity index (χ3n) is 3.70. The number of para-hydroxylation sites is 1. The largest absolute Gasteiger partial charge is 0.492 e. The van der Waals surface area contributed by atoms with Gasteiger partial charge in [0.15, 0.2) is 0 Å². The van der Waals surface area contributed by atoms with Crippen LogP contribution in [0.5, 0.6) is 5.75 Å². The smallest absolute Gasteiger partial charge is 0.321 e. The van der Waals surface area contributed by atoms with Crippen molar-refractivity contribution in [3.63, 3.8) is 0 Å². The zero-order valence-electron chi connectivity index (χ0n) is 10.2. The second-order valence-corrected chi connectivity index (χ2v) is 5.05. The summed E-state index contributed by atoms with van der Waals surface area (Å²) in [6, 6.07) is 7.54. The van der Waals surface area contributed by atoms with Gasteiger partial charge in [-0.05, 0) is 24.8 Å². The van der Waals surface area contributed by atoms with Gasteiger partial charge in [0.25, 0.3) is 0 Å². The third kappa shape index (κ3) is 2.20. The highest BCUT2D eigenvalue weighted by Crippen LogP contribution is 2.37. The zero-order chi connectivity index (χ0) is 12.5. The van der Waals surface area contributed by atoms with Crippen LogP contribution in [0, 0.1) is 5.92 Å². The van der Waals surface area contributed by atoms with E-state index in [2.05, 4.69) is 0 Å². The van der Waals surface area contributed by atoms with Crippen LogP contribution in [-0.4, -0.2) is 35.2 Å². The number of fused-ring (bicyclic) bond motifs is 1. The number of aliphatic carboxylic acids is 1. The number of rotatable bonds is 3. The molecule has 3 rings (SSSR count). The molecular formula is C14H17NO3. The molecule has 1 atom stereocenters. The predicted molar refractivity (Wildman–Crippen MR) is 66.5 cm³/mol. The first-order valence-electron chi connectivity index (χ1n) is 6.43. The molecule has 1 saturated carbocycles. The minimum atomic E-state index is -0.697. The maximum absolute atomic E-state index is 11.4. The number of carbonyl (C=O) groups is 1. The van der Waals surface area contributed by atoms with E-state index in [-0.39, 0.29) is 6.04 Å². The Balaban J connectivity index is 1.83. The molecule has 0 bridgehead atoms. The average molecular weight is 247 g/mol. The van der Waals surface area contributed by atoms with E-state index in [0.29, 0.717) is 25.6 Å². The molecule has 4 nitrogen and oxygen atoms in total. The molecule has 1 unspecified atom stereocenters. The third-order valence-corrected chi connectivity index (χ3v) is 3.70. The second kappa shape index (κ2) is 4.61. The van der Waals surface area contributed by atoms with Crippen LogP contribution in [0.1, 0.15) is 18.4 Å². The van der Waals surface area contributed by atoms with Crippen molar-refractivity contribution in [1.29, 1.82) is 0 Å². The van der Waals surface area contributed by atoms with E-state index in [1.807, 2.05) is 29.2 Å². The van der Waals surface area contributed by atoms with Crippen LogP contribution in [0.15, 0.2) is 24.3 Å². The van der Waals surface area contributed by atoms with Gasteiger partial charge in [-0.15, -0.1) is 0 Å². The van der Waals surface area contributed by atoms with Gasteiger partial charge < -0.3 is 9.84 Å². The van der Waals surface area contributed by atoms with Gasteiger partial charge >= 0.3 is 5.97 Å². The van der Waals surface area contributed by atoms with Crippen molar-refractivity contribution in [1.82, 2.24) is 4.90 Å². The molecule has 96 valence electrons. The van der Waals surface area contributed by atoms with E-state index in [1.165, 1.54) is 0 Å². The number of hydrogen-bond acceptors (Lipinski definition) is 3. The number of benzene rings is 1. The first kappa shape index (κ1) is 11.5. The monoisotopic (exact) mass is 247 g/mol. The molecule has 1 aromatic rings. The van der Waals surface area contributed by atoms with Crippen LogP contribution in [0.2, 0.25) is 0 Å². The van der Waals surface area contributed by atoms with E-state index < -0.39 is 5.97 Å². The quantitative estimate of drug-likeness (QED) is 0.884. The summed E-state index contributed by atoms with van der Waals surface area (Å²) in [4.78, 5) is 13.5. The number of carboxylic acid groups (broad SMARTS) is 1. The predicted octanol–water partition coefficient (Wildman–Crippen LogP) is 1.74. The molecule has 18 heavy (non-hydrogen) atoms. The molecule has 0 amide bonds. The van der Waals surface area contributed by atoms with Crippen molar-refractivity contribution in [2.45, 2.75) is 25.4 Å². The molecule has 1 aliphatic heterocycles. The van der Waals surface area contributed by atoms with Crippen LogP contribution in [0.3, 0.4) is 0 Å². The Bertz CT molecular complexity index is 456. The maximum Gasteiger partial charge on any atom is 0.321 e. The van der Waals surface area contributed by atoms with Crippen molar-refractivity contribution >= 4 is 5.97 Å². The van der Waals surface area contributed by atoms with E-state index in [1.54, 1.807) is 0 Å². The Morgan fingerprint density at radius 3 is 2.89 bits per heavy atom. The standard InChI is InChI=1S/C14H17NO3/c16-14(17)13(10-5-6-10)15-7-8-18-12-4-2-1-3-11(12)9-15/h1-4,10,13H,5-9H2,(H,16,17). The summed E-state index contributed by atoms with van der Waals surface area (Å²) in [5.41, 5.74) is 1.09. The topological polar surface area (TPSA) is 49.8 Å². The average Bonchev–Trinajstić information content (AvgIpc) is 3.15. The summed E-state index contributed by atoms with van der Waals surface area (Å²) in [6.45, 7) is 1.92. The van der Waals surface area contributed by atoms with Crippen molar-refractivity contribution < 1.29 is 14.6 Å². The number of hydrogen-bond donors (Lipinski definition) is 1. The minimum Gasteiger partial charge on any atom is -0.492 e. The van der Waals surface area contributed by atoms with Crippen molar-refractivity contribution in [2.24, 2.45) is 5.92 Å². The normalized spacial score (nSPS) is 21.6. The summed E-state index contributed by atoms with van der Waals surface area (Å²) < 4.78 is 5.67.